The number of carbonyl (C=O) groups excluding carboxylic acids is 2. The summed E-state index contributed by atoms with van der Waals surface area (Å²) in [6.07, 6.45) is 3.64. The highest BCUT2D eigenvalue weighted by atomic mass is 16.2. The third-order valence-corrected chi connectivity index (χ3v) is 7.70. The molecular formula is C33H38N4O2. The third-order valence-electron chi connectivity index (χ3n) is 7.70. The molecule has 1 saturated heterocycles. The molecule has 6 heteroatoms. The van der Waals surface area contributed by atoms with Crippen molar-refractivity contribution in [1.29, 1.82) is 0 Å². The minimum atomic E-state index is -0.278. The van der Waals surface area contributed by atoms with Gasteiger partial charge in [0, 0.05) is 25.7 Å². The minimum absolute atomic E-state index is 0.00331. The lowest BCUT2D eigenvalue weighted by Gasteiger charge is -2.25. The second-order valence-corrected chi connectivity index (χ2v) is 10.5. The first kappa shape index (κ1) is 26.9. The van der Waals surface area contributed by atoms with Crippen molar-refractivity contribution < 1.29 is 9.59 Å². The molecule has 0 aliphatic carbocycles. The molecule has 6 nitrogen and oxygen atoms in total. The van der Waals surface area contributed by atoms with E-state index in [-0.39, 0.29) is 23.9 Å². The number of hydrogen-bond acceptors (Lipinski definition) is 4. The summed E-state index contributed by atoms with van der Waals surface area (Å²) in [6.45, 7) is 2.35. The molecule has 202 valence electrons. The Morgan fingerprint density at radius 2 is 1.69 bits per heavy atom. The molecule has 2 amide bonds. The summed E-state index contributed by atoms with van der Waals surface area (Å²) in [7, 11) is 0. The van der Waals surface area contributed by atoms with E-state index in [0.717, 1.165) is 47.6 Å². The van der Waals surface area contributed by atoms with Crippen LogP contribution in [0.15, 0.2) is 84.9 Å². The molecule has 0 aromatic heterocycles. The summed E-state index contributed by atoms with van der Waals surface area (Å²) in [5.41, 5.74) is 7.88. The van der Waals surface area contributed by atoms with Crippen molar-refractivity contribution in [2.75, 3.05) is 19.6 Å². The van der Waals surface area contributed by atoms with E-state index in [2.05, 4.69) is 59.2 Å². The van der Waals surface area contributed by atoms with E-state index in [4.69, 9.17) is 5.73 Å². The SMILES string of the molecule is NCCCC[C@@H]1N[C@H](CNC(=O)Cc2cccc3ccccc23)CCN(Cc2ccc3ccccc3c2)C1=O. The molecule has 1 aliphatic rings. The number of hydrogen-bond donors (Lipinski definition) is 3. The number of nitrogens with two attached hydrogens (primary N) is 1. The van der Waals surface area contributed by atoms with Gasteiger partial charge in [-0.15, -0.1) is 0 Å². The number of nitrogens with one attached hydrogen (secondary N) is 2. The van der Waals surface area contributed by atoms with Crippen LogP contribution in [-0.4, -0.2) is 48.4 Å². The zero-order valence-electron chi connectivity index (χ0n) is 22.4. The minimum Gasteiger partial charge on any atom is -0.354 e. The van der Waals surface area contributed by atoms with E-state index in [1.165, 1.54) is 10.8 Å². The lowest BCUT2D eigenvalue weighted by molar-refractivity contribution is -0.133. The van der Waals surface area contributed by atoms with Crippen molar-refractivity contribution in [2.45, 2.75) is 50.7 Å². The fourth-order valence-electron chi connectivity index (χ4n) is 5.58. The zero-order chi connectivity index (χ0) is 27.0. The zero-order valence-corrected chi connectivity index (χ0v) is 22.4. The van der Waals surface area contributed by atoms with Gasteiger partial charge in [0.15, 0.2) is 0 Å². The van der Waals surface area contributed by atoms with Crippen LogP contribution >= 0.6 is 0 Å². The monoisotopic (exact) mass is 522 g/mol. The van der Waals surface area contributed by atoms with E-state index in [1.54, 1.807) is 0 Å². The average molecular weight is 523 g/mol. The number of carbonyl (C=O) groups is 2. The lowest BCUT2D eigenvalue weighted by Crippen LogP contribution is -2.48. The van der Waals surface area contributed by atoms with Gasteiger partial charge in [-0.2, -0.15) is 0 Å². The molecule has 1 heterocycles. The van der Waals surface area contributed by atoms with Gasteiger partial charge in [-0.1, -0.05) is 85.3 Å². The Kier molecular flexibility index (Phi) is 8.86. The molecule has 0 bridgehead atoms. The number of unbranched alkanes of at least 4 members (excludes halogenated alkanes) is 1. The van der Waals surface area contributed by atoms with Gasteiger partial charge in [0.2, 0.25) is 11.8 Å². The van der Waals surface area contributed by atoms with Crippen LogP contribution in [0.1, 0.15) is 36.8 Å². The van der Waals surface area contributed by atoms with Crippen molar-refractivity contribution in [3.05, 3.63) is 96.1 Å². The molecular weight excluding hydrogens is 484 g/mol. The summed E-state index contributed by atoms with van der Waals surface area (Å²) in [5.74, 6) is 0.126. The highest BCUT2D eigenvalue weighted by molar-refractivity contribution is 5.90. The first-order valence-electron chi connectivity index (χ1n) is 14.1. The van der Waals surface area contributed by atoms with Gasteiger partial charge in [-0.25, -0.2) is 0 Å². The maximum atomic E-state index is 13.6. The standard InChI is InChI=1S/C33H38N4O2/c34-18-6-5-14-31-33(39)37(23-24-15-16-25-8-1-2-10-27(25)20-24)19-17-29(36-31)22-35-32(38)21-28-12-7-11-26-9-3-4-13-30(26)28/h1-4,7-13,15-16,20,29,31,36H,5-6,14,17-19,21-23,34H2,(H,35,38)/t29-,31-/m0/s1. The van der Waals surface area contributed by atoms with Gasteiger partial charge in [0.25, 0.3) is 0 Å². The topological polar surface area (TPSA) is 87.5 Å². The molecule has 1 fully saturated rings. The Labute approximate surface area is 230 Å². The van der Waals surface area contributed by atoms with Crippen LogP contribution in [0.5, 0.6) is 0 Å². The Morgan fingerprint density at radius 1 is 0.923 bits per heavy atom. The highest BCUT2D eigenvalue weighted by Gasteiger charge is 2.30. The Bertz CT molecular complexity index is 1430. The maximum Gasteiger partial charge on any atom is 0.240 e. The van der Waals surface area contributed by atoms with Crippen molar-refractivity contribution in [2.24, 2.45) is 5.73 Å². The largest absolute Gasteiger partial charge is 0.354 e. The Morgan fingerprint density at radius 3 is 2.54 bits per heavy atom. The molecule has 4 aromatic rings. The van der Waals surface area contributed by atoms with Gasteiger partial charge in [0.1, 0.15) is 0 Å². The van der Waals surface area contributed by atoms with Crippen LogP contribution < -0.4 is 16.4 Å². The second kappa shape index (κ2) is 12.9. The summed E-state index contributed by atoms with van der Waals surface area (Å²) in [6, 6.07) is 28.7. The molecule has 5 rings (SSSR count). The molecule has 1 aliphatic heterocycles. The third kappa shape index (κ3) is 6.83. The number of fused-ring (bicyclic) bond motifs is 2. The van der Waals surface area contributed by atoms with Crippen molar-refractivity contribution in [3.8, 4) is 0 Å². The average Bonchev–Trinajstić information content (AvgIpc) is 3.10. The molecule has 4 aromatic carbocycles. The van der Waals surface area contributed by atoms with E-state index in [0.29, 0.717) is 32.6 Å². The first-order chi connectivity index (χ1) is 19.1. The molecule has 0 spiro atoms. The van der Waals surface area contributed by atoms with E-state index < -0.39 is 0 Å². The van der Waals surface area contributed by atoms with E-state index >= 15 is 0 Å². The number of amides is 2. The predicted molar refractivity (Wildman–Crippen MR) is 158 cm³/mol. The number of benzene rings is 4. The summed E-state index contributed by atoms with van der Waals surface area (Å²) in [4.78, 5) is 28.5. The molecule has 0 saturated carbocycles. The molecule has 39 heavy (non-hydrogen) atoms. The summed E-state index contributed by atoms with van der Waals surface area (Å²) < 4.78 is 0. The first-order valence-corrected chi connectivity index (χ1v) is 14.1. The fraction of sp³-hybridized carbons (Fsp3) is 0.333. The highest BCUT2D eigenvalue weighted by Crippen LogP contribution is 2.21. The Hall–Kier alpha value is -3.74. The quantitative estimate of drug-likeness (QED) is 0.267. The van der Waals surface area contributed by atoms with Crippen LogP contribution in [0.3, 0.4) is 0 Å². The van der Waals surface area contributed by atoms with Crippen molar-refractivity contribution >= 4 is 33.4 Å². The van der Waals surface area contributed by atoms with Gasteiger partial charge in [0.05, 0.1) is 12.5 Å². The molecule has 4 N–H and O–H groups in total. The molecule has 0 unspecified atom stereocenters. The van der Waals surface area contributed by atoms with Crippen molar-refractivity contribution in [3.63, 3.8) is 0 Å². The van der Waals surface area contributed by atoms with E-state index in [1.807, 2.05) is 41.3 Å². The lowest BCUT2D eigenvalue weighted by atomic mass is 10.0. The smallest absolute Gasteiger partial charge is 0.240 e. The second-order valence-electron chi connectivity index (χ2n) is 10.5. The number of rotatable bonds is 10. The Balaban J connectivity index is 1.24. The fourth-order valence-corrected chi connectivity index (χ4v) is 5.58. The van der Waals surface area contributed by atoms with Gasteiger partial charge in [-0.3, -0.25) is 9.59 Å². The van der Waals surface area contributed by atoms with Crippen molar-refractivity contribution in [1.82, 2.24) is 15.5 Å². The van der Waals surface area contributed by atoms with Crippen LogP contribution in [0.2, 0.25) is 0 Å². The molecule has 2 atom stereocenters. The normalized spacial score (nSPS) is 17.9. The van der Waals surface area contributed by atoms with Crippen LogP contribution in [-0.2, 0) is 22.6 Å². The molecule has 0 radical (unpaired) electrons. The van der Waals surface area contributed by atoms with Gasteiger partial charge >= 0.3 is 0 Å². The maximum absolute atomic E-state index is 13.6. The number of nitrogens with zero attached hydrogens (tertiary/aromatic N) is 1. The van der Waals surface area contributed by atoms with Crippen LogP contribution in [0, 0.1) is 0 Å². The van der Waals surface area contributed by atoms with E-state index in [9.17, 15) is 9.59 Å². The summed E-state index contributed by atoms with van der Waals surface area (Å²) >= 11 is 0. The summed E-state index contributed by atoms with van der Waals surface area (Å²) in [5, 5.41) is 11.3. The van der Waals surface area contributed by atoms with Gasteiger partial charge in [-0.05, 0) is 64.5 Å². The van der Waals surface area contributed by atoms with Gasteiger partial charge < -0.3 is 21.3 Å². The predicted octanol–water partition coefficient (Wildman–Crippen LogP) is 4.54. The van der Waals surface area contributed by atoms with Crippen LogP contribution in [0.4, 0.5) is 0 Å². The van der Waals surface area contributed by atoms with Crippen LogP contribution in [0.25, 0.3) is 21.5 Å².